The molecule has 5 aromatic rings. The molecular formula is C41H44Br2Cl2Zr. The summed E-state index contributed by atoms with van der Waals surface area (Å²) in [5.74, 6) is 0. The van der Waals surface area contributed by atoms with Crippen molar-refractivity contribution < 1.29 is 24.2 Å². The van der Waals surface area contributed by atoms with E-state index in [1.54, 1.807) is 3.21 Å². The van der Waals surface area contributed by atoms with Crippen LogP contribution in [0.1, 0.15) is 70.2 Å². The van der Waals surface area contributed by atoms with Crippen LogP contribution in [-0.2, 0) is 47.9 Å². The fourth-order valence-corrected chi connectivity index (χ4v) is 6.86. The predicted molar refractivity (Wildman–Crippen MR) is 211 cm³/mol. The largest absolute Gasteiger partial charge is 0.273 e. The average Bonchev–Trinajstić information content (AvgIpc) is 3.66. The first kappa shape index (κ1) is 40.7. The molecule has 6 rings (SSSR count). The minimum atomic E-state index is 0. The van der Waals surface area contributed by atoms with Crippen LogP contribution in [0.4, 0.5) is 0 Å². The van der Waals surface area contributed by atoms with Crippen LogP contribution in [0.2, 0.25) is 0 Å². The fourth-order valence-electron chi connectivity index (χ4n) is 5.08. The molecule has 0 saturated heterocycles. The second-order valence-electron chi connectivity index (χ2n) is 13.4. The van der Waals surface area contributed by atoms with Crippen molar-refractivity contribution >= 4 is 81.4 Å². The van der Waals surface area contributed by atoms with E-state index in [0.717, 1.165) is 19.3 Å². The van der Waals surface area contributed by atoms with Gasteiger partial charge in [0, 0.05) is 0 Å². The van der Waals surface area contributed by atoms with E-state index in [2.05, 4.69) is 177 Å². The molecule has 46 heavy (non-hydrogen) atoms. The molecule has 5 heteroatoms. The summed E-state index contributed by atoms with van der Waals surface area (Å²) in [5.41, 5.74) is 5.94. The molecule has 0 radical (unpaired) electrons. The van der Waals surface area contributed by atoms with Gasteiger partial charge in [0.25, 0.3) is 0 Å². The normalized spacial score (nSPS) is 12.0. The van der Waals surface area contributed by atoms with Gasteiger partial charge in [-0.3, -0.25) is 6.08 Å². The molecule has 0 fully saturated rings. The maximum atomic E-state index is 3.61. The second-order valence-corrected chi connectivity index (χ2v) is 16.8. The molecule has 1 aliphatic rings. The first-order valence-electron chi connectivity index (χ1n) is 15.2. The van der Waals surface area contributed by atoms with E-state index in [1.807, 2.05) is 12.2 Å². The van der Waals surface area contributed by atoms with E-state index < -0.39 is 0 Å². The summed E-state index contributed by atoms with van der Waals surface area (Å²) in [5, 5.41) is 5.49. The van der Waals surface area contributed by atoms with Crippen molar-refractivity contribution in [3.05, 3.63) is 146 Å². The van der Waals surface area contributed by atoms with E-state index in [-0.39, 0.29) is 35.6 Å². The van der Waals surface area contributed by atoms with E-state index in [1.165, 1.54) is 77.0 Å². The molecule has 0 aliphatic heterocycles. The maximum absolute atomic E-state index is 3.61. The van der Waals surface area contributed by atoms with Gasteiger partial charge in [0.2, 0.25) is 0 Å². The number of hydrogen-bond donors (Lipinski definition) is 0. The molecule has 0 unspecified atom stereocenters. The molecule has 0 saturated carbocycles. The zero-order valence-electron chi connectivity index (χ0n) is 27.6. The maximum Gasteiger partial charge on any atom is -0.0145 e. The Morgan fingerprint density at radius 1 is 0.696 bits per heavy atom. The topological polar surface area (TPSA) is 0 Å². The Labute approximate surface area is 320 Å². The molecule has 0 amide bonds. The molecule has 0 spiro atoms. The van der Waals surface area contributed by atoms with Crippen molar-refractivity contribution in [3.8, 4) is 0 Å². The summed E-state index contributed by atoms with van der Waals surface area (Å²) >= 11 is 8.74. The summed E-state index contributed by atoms with van der Waals surface area (Å²) in [6.45, 7) is 13.7. The monoisotopic (exact) mass is 854 g/mol. The summed E-state index contributed by atoms with van der Waals surface area (Å²) in [4.78, 5) is 0. The van der Waals surface area contributed by atoms with Gasteiger partial charge in [-0.2, -0.15) is 6.08 Å². The van der Waals surface area contributed by atoms with Crippen molar-refractivity contribution in [1.82, 2.24) is 0 Å². The molecule has 0 nitrogen and oxygen atoms in total. The van der Waals surface area contributed by atoms with E-state index >= 15 is 0 Å². The first-order valence-corrected chi connectivity index (χ1v) is 18.0. The van der Waals surface area contributed by atoms with Crippen molar-refractivity contribution in [2.75, 3.05) is 0 Å². The van der Waals surface area contributed by atoms with Crippen LogP contribution in [0, 0.1) is 6.08 Å². The van der Waals surface area contributed by atoms with Gasteiger partial charge in [0.05, 0.1) is 0 Å². The molecule has 0 heterocycles. The van der Waals surface area contributed by atoms with Crippen molar-refractivity contribution in [2.24, 2.45) is 0 Å². The molecule has 0 N–H and O–H groups in total. The van der Waals surface area contributed by atoms with Gasteiger partial charge >= 0.3 is 141 Å². The van der Waals surface area contributed by atoms with Gasteiger partial charge in [0.15, 0.2) is 0 Å². The Balaban J connectivity index is 0.000000270. The van der Waals surface area contributed by atoms with Crippen LogP contribution in [0.3, 0.4) is 0 Å². The Morgan fingerprint density at radius 3 is 1.46 bits per heavy atom. The van der Waals surface area contributed by atoms with Gasteiger partial charge in [-0.15, -0.1) is 71.0 Å². The summed E-state index contributed by atoms with van der Waals surface area (Å²) in [6, 6.07) is 33.1. The van der Waals surface area contributed by atoms with Crippen molar-refractivity contribution in [1.29, 1.82) is 0 Å². The SMILES string of the molecule is Brc1ccccc1C[C](=[Zr+2])Cc1ccccc1Br.CC(C)(C)c1ccc2[cH-]c3ccc(C(C)(C)C)cc3c2c1.Cl.Cl.[C-]1=CC=CC1. The van der Waals surface area contributed by atoms with Gasteiger partial charge in [0.1, 0.15) is 0 Å². The third-order valence-corrected chi connectivity index (χ3v) is 10.2. The number of hydrogen-bond acceptors (Lipinski definition) is 0. The van der Waals surface area contributed by atoms with E-state index in [4.69, 9.17) is 0 Å². The molecule has 1 aliphatic carbocycles. The van der Waals surface area contributed by atoms with Crippen LogP contribution in [0.15, 0.2) is 118 Å². The van der Waals surface area contributed by atoms with Crippen LogP contribution < -0.4 is 0 Å². The van der Waals surface area contributed by atoms with Crippen LogP contribution in [0.5, 0.6) is 0 Å². The van der Waals surface area contributed by atoms with Crippen LogP contribution in [-0.4, -0.2) is 3.21 Å². The zero-order chi connectivity index (χ0) is 31.9. The zero-order valence-corrected chi connectivity index (χ0v) is 34.8. The van der Waals surface area contributed by atoms with Gasteiger partial charge in [-0.25, -0.2) is 12.2 Å². The number of halogens is 4. The quantitative estimate of drug-likeness (QED) is 0.158. The summed E-state index contributed by atoms with van der Waals surface area (Å²) < 4.78 is 3.97. The van der Waals surface area contributed by atoms with Gasteiger partial charge in [-0.05, 0) is 10.8 Å². The first-order chi connectivity index (χ1) is 20.8. The Bertz CT molecular complexity index is 1670. The number of rotatable bonds is 4. The van der Waals surface area contributed by atoms with Gasteiger partial charge in [-0.1, -0.05) is 76.9 Å². The average molecular weight is 859 g/mol. The van der Waals surface area contributed by atoms with Crippen molar-refractivity contribution in [2.45, 2.75) is 71.6 Å². The molecule has 0 bridgehead atoms. The minimum Gasteiger partial charge on any atom is -0.273 e. The van der Waals surface area contributed by atoms with E-state index in [9.17, 15) is 0 Å². The third kappa shape index (κ3) is 11.6. The van der Waals surface area contributed by atoms with Crippen molar-refractivity contribution in [3.63, 3.8) is 0 Å². The Hall–Kier alpha value is -1.48. The molecule has 240 valence electrons. The van der Waals surface area contributed by atoms with Gasteiger partial charge < -0.3 is 0 Å². The second kappa shape index (κ2) is 18.3. The summed E-state index contributed by atoms with van der Waals surface area (Å²) in [7, 11) is 0. The molecule has 0 atom stereocenters. The van der Waals surface area contributed by atoms with E-state index in [0.29, 0.717) is 0 Å². The number of benzene rings is 4. The molecule has 5 aromatic carbocycles. The number of allylic oxidation sites excluding steroid dienone is 4. The smallest absolute Gasteiger partial charge is 0.0145 e. The van der Waals surface area contributed by atoms with Crippen LogP contribution in [0.25, 0.3) is 21.5 Å². The summed E-state index contributed by atoms with van der Waals surface area (Å²) in [6.07, 6.45) is 12.1. The Kier molecular flexibility index (Phi) is 16.2. The fraction of sp³-hybridized carbons (Fsp3) is 0.268. The third-order valence-electron chi connectivity index (χ3n) is 7.75. The minimum absolute atomic E-state index is 0. The Morgan fingerprint density at radius 2 is 1.13 bits per heavy atom. The van der Waals surface area contributed by atoms with Crippen LogP contribution >= 0.6 is 56.7 Å². The standard InChI is InChI=1S/C21H25.C15H12Br2.C5H5.2ClH.Zr/c1-20(2,3)16-9-7-14-11-15-8-10-17(21(4,5)6)13-19(15)18(14)12-16;16-14-10-3-1-6-12(14)8-5-9-13-7-2-4-11-15(13)17;1-2-4-5-3-1;;;/h7-13H,1-6H3;1-4,6-7,10-11H,8-9H2;1-3H,4H2;2*1H;/q-1;;-1;;;+2. The molecule has 0 aromatic heterocycles. The predicted octanol–water partition coefficient (Wildman–Crippen LogP) is 13.2. The molecular weight excluding hydrogens is 814 g/mol. The number of fused-ring (bicyclic) bond motifs is 3.